The van der Waals surface area contributed by atoms with E-state index in [2.05, 4.69) is 21.1 Å². The normalized spacial score (nSPS) is 18.9. The lowest BCUT2D eigenvalue weighted by atomic mass is 9.72. The Labute approximate surface area is 262 Å². The van der Waals surface area contributed by atoms with Gasteiger partial charge in [-0.2, -0.15) is 5.26 Å². The maximum Gasteiger partial charge on any atom is 0.410 e. The van der Waals surface area contributed by atoms with Gasteiger partial charge in [0.15, 0.2) is 5.84 Å². The van der Waals surface area contributed by atoms with Crippen molar-refractivity contribution in [1.29, 1.82) is 5.26 Å². The molecule has 4 rings (SSSR count). The van der Waals surface area contributed by atoms with Crippen LogP contribution in [0, 0.1) is 11.3 Å². The lowest BCUT2D eigenvalue weighted by molar-refractivity contribution is -0.150. The largest absolute Gasteiger partial charge is 0.476 e. The molecule has 0 bridgehead atoms. The number of amidine groups is 1. The summed E-state index contributed by atoms with van der Waals surface area (Å²) in [4.78, 5) is 42.6. The zero-order valence-electron chi connectivity index (χ0n) is 26.3. The minimum atomic E-state index is -1.08. The van der Waals surface area contributed by atoms with Gasteiger partial charge in [-0.3, -0.25) is 0 Å². The van der Waals surface area contributed by atoms with Crippen LogP contribution in [0.3, 0.4) is 0 Å². The average molecular weight is 627 g/mol. The fraction of sp³-hybridized carbons (Fsp3) is 0.567. The Kier molecular flexibility index (Phi) is 9.90. The first-order chi connectivity index (χ1) is 20.7. The Morgan fingerprint density at radius 3 is 2.57 bits per heavy atom. The molecule has 1 aliphatic heterocycles. The number of nitrogens with two attached hydrogens (primary N) is 2. The van der Waals surface area contributed by atoms with Crippen molar-refractivity contribution in [3.63, 3.8) is 0 Å². The topological polar surface area (TPSA) is 173 Å². The number of aryl methyl sites for hydroxylation is 1. The van der Waals surface area contributed by atoms with Crippen molar-refractivity contribution in [1.82, 2.24) is 14.8 Å². The number of carbonyl (C=O) groups excluding carboxylic acids is 2. The number of nitriles is 1. The summed E-state index contributed by atoms with van der Waals surface area (Å²) < 4.78 is 11.5. The van der Waals surface area contributed by atoms with Crippen molar-refractivity contribution in [3.05, 3.63) is 33.8 Å². The highest BCUT2D eigenvalue weighted by molar-refractivity contribution is 7.16. The number of ether oxygens (including phenoxy) is 2. The lowest BCUT2D eigenvalue weighted by Gasteiger charge is -2.36. The second kappa shape index (κ2) is 13.3. The van der Waals surface area contributed by atoms with E-state index in [-0.39, 0.29) is 17.6 Å². The van der Waals surface area contributed by atoms with E-state index < -0.39 is 17.0 Å². The Hall–Kier alpha value is -4.09. The Balaban J connectivity index is 1.54. The summed E-state index contributed by atoms with van der Waals surface area (Å²) in [6.07, 6.45) is 1.65. The van der Waals surface area contributed by atoms with Crippen molar-refractivity contribution in [2.24, 2.45) is 10.9 Å². The highest BCUT2D eigenvalue weighted by Crippen LogP contribution is 2.46. The molecule has 1 aliphatic carbocycles. The molecule has 1 unspecified atom stereocenters. The molecule has 14 heteroatoms. The molecule has 4 N–H and O–H groups in total. The minimum absolute atomic E-state index is 0.102. The summed E-state index contributed by atoms with van der Waals surface area (Å²) in [5.41, 5.74) is 12.7. The predicted octanol–water partition coefficient (Wildman–Crippen LogP) is 3.05. The molecule has 2 aromatic rings. The maximum atomic E-state index is 13.4. The molecule has 0 radical (unpaired) electrons. The van der Waals surface area contributed by atoms with Crippen LogP contribution in [0.25, 0.3) is 0 Å². The van der Waals surface area contributed by atoms with E-state index in [4.69, 9.17) is 25.8 Å². The number of fused-ring (bicyclic) bond motifs is 1. The van der Waals surface area contributed by atoms with Crippen LogP contribution >= 0.6 is 11.3 Å². The third-order valence-electron chi connectivity index (χ3n) is 7.56. The van der Waals surface area contributed by atoms with Gasteiger partial charge in [0.05, 0.1) is 11.0 Å². The Bertz CT molecular complexity index is 1450. The molecule has 13 nitrogen and oxygen atoms in total. The van der Waals surface area contributed by atoms with Crippen molar-refractivity contribution in [3.8, 4) is 11.9 Å². The minimum Gasteiger partial charge on any atom is -0.476 e. The summed E-state index contributed by atoms with van der Waals surface area (Å²) >= 11 is 1.34. The van der Waals surface area contributed by atoms with Gasteiger partial charge in [-0.15, -0.1) is 11.3 Å². The molecule has 3 heterocycles. The van der Waals surface area contributed by atoms with Crippen LogP contribution in [0.4, 0.5) is 15.5 Å². The molecular weight excluding hydrogens is 584 g/mol. The Morgan fingerprint density at radius 2 is 1.93 bits per heavy atom. The van der Waals surface area contributed by atoms with Crippen molar-refractivity contribution < 1.29 is 23.9 Å². The van der Waals surface area contributed by atoms with E-state index in [0.717, 1.165) is 23.4 Å². The van der Waals surface area contributed by atoms with E-state index in [1.165, 1.54) is 11.3 Å². The van der Waals surface area contributed by atoms with Crippen molar-refractivity contribution >= 4 is 39.9 Å². The third-order valence-corrected chi connectivity index (χ3v) is 8.64. The second-order valence-corrected chi connectivity index (χ2v) is 13.6. The number of anilines is 2. The first-order valence-corrected chi connectivity index (χ1v) is 15.4. The number of amides is 1. The maximum absolute atomic E-state index is 13.4. The smallest absolute Gasteiger partial charge is 0.410 e. The van der Waals surface area contributed by atoms with Crippen LogP contribution in [-0.2, 0) is 26.2 Å². The molecular formula is C30H42N8O5S. The van der Waals surface area contributed by atoms with Gasteiger partial charge >= 0.3 is 12.1 Å². The molecule has 2 aliphatic rings. The van der Waals surface area contributed by atoms with Crippen LogP contribution in [-0.4, -0.2) is 91.7 Å². The second-order valence-electron chi connectivity index (χ2n) is 12.4. The molecule has 238 valence electrons. The number of rotatable bonds is 8. The number of thiophene rings is 1. The summed E-state index contributed by atoms with van der Waals surface area (Å²) in [6, 6.07) is 5.72. The summed E-state index contributed by atoms with van der Waals surface area (Å²) in [6.45, 7) is 10.4. The van der Waals surface area contributed by atoms with Crippen LogP contribution < -0.4 is 21.1 Å². The highest BCUT2D eigenvalue weighted by atomic mass is 32.1. The number of aromatic nitrogens is 1. The van der Waals surface area contributed by atoms with Gasteiger partial charge in [0.25, 0.3) is 0 Å². The quantitative estimate of drug-likeness (QED) is 0.191. The number of pyridine rings is 1. The van der Waals surface area contributed by atoms with E-state index in [9.17, 15) is 14.9 Å². The predicted molar refractivity (Wildman–Crippen MR) is 169 cm³/mol. The fourth-order valence-electron chi connectivity index (χ4n) is 5.22. The van der Waals surface area contributed by atoms with E-state index in [0.29, 0.717) is 67.8 Å². The molecule has 2 aromatic heterocycles. The van der Waals surface area contributed by atoms with Gasteiger partial charge < -0.3 is 40.5 Å². The highest BCUT2D eigenvalue weighted by Gasteiger charge is 2.45. The summed E-state index contributed by atoms with van der Waals surface area (Å²) in [7, 11) is 3.89. The molecule has 0 saturated carbocycles. The molecule has 44 heavy (non-hydrogen) atoms. The molecule has 1 fully saturated rings. The monoisotopic (exact) mass is 626 g/mol. The number of piperazine rings is 1. The Morgan fingerprint density at radius 1 is 1.23 bits per heavy atom. The van der Waals surface area contributed by atoms with Crippen LogP contribution in [0.2, 0.25) is 0 Å². The molecule has 0 aromatic carbocycles. The molecule has 1 atom stereocenters. The van der Waals surface area contributed by atoms with Crippen LogP contribution in [0.1, 0.15) is 62.2 Å². The number of nitrogens with zero attached hydrogens (tertiary/aromatic N) is 6. The van der Waals surface area contributed by atoms with Crippen molar-refractivity contribution in [2.45, 2.75) is 58.0 Å². The van der Waals surface area contributed by atoms with Gasteiger partial charge in [0.1, 0.15) is 29.0 Å². The lowest BCUT2D eigenvalue weighted by Crippen LogP contribution is -2.50. The number of oxime groups is 1. The third kappa shape index (κ3) is 7.51. The van der Waals surface area contributed by atoms with E-state index >= 15 is 0 Å². The van der Waals surface area contributed by atoms with E-state index in [1.807, 2.05) is 45.8 Å². The number of carbonyl (C=O) groups is 2. The first-order valence-electron chi connectivity index (χ1n) is 14.6. The van der Waals surface area contributed by atoms with Gasteiger partial charge in [-0.05, 0) is 67.1 Å². The molecule has 1 amide bonds. The van der Waals surface area contributed by atoms with Crippen molar-refractivity contribution in [2.75, 3.05) is 64.1 Å². The SMILES string of the molecule is CN(C)CCOc1cc(N2CCN(C(=O)OC(C)(C)C)CC2)cc(/C(N)=N/OC(=O)C2(C)CCCc3sc(N)c(C#N)c32)n1. The molecule has 1 saturated heterocycles. The number of nitrogen functional groups attached to an aromatic ring is 1. The number of likely N-dealkylation sites (N-methyl/N-ethyl adjacent to an activating group) is 1. The summed E-state index contributed by atoms with van der Waals surface area (Å²) in [5, 5.41) is 14.1. The first kappa shape index (κ1) is 32.8. The zero-order chi connectivity index (χ0) is 32.2. The van der Waals surface area contributed by atoms with Gasteiger partial charge in [-0.1, -0.05) is 5.16 Å². The number of hydrogen-bond donors (Lipinski definition) is 2. The standard InChI is InChI=1S/C30H42N8O5S/c1-29(2,3)42-28(40)38-12-10-37(11-13-38)19-16-21(34-23(17-19)41-15-14-36(5)6)25(32)35-43-27(39)30(4)9-7-8-22-24(30)20(18-31)26(33)44-22/h16-17H,7-15,33H2,1-6H3,(H2,32,35). The zero-order valence-corrected chi connectivity index (χ0v) is 27.1. The van der Waals surface area contributed by atoms with Gasteiger partial charge in [-0.25, -0.2) is 14.6 Å². The van der Waals surface area contributed by atoms with E-state index in [1.54, 1.807) is 17.9 Å². The van der Waals surface area contributed by atoms with Crippen LogP contribution in [0.5, 0.6) is 5.88 Å². The fourth-order valence-corrected chi connectivity index (χ4v) is 6.41. The van der Waals surface area contributed by atoms with Gasteiger partial charge in [0, 0.05) is 54.9 Å². The molecule has 0 spiro atoms. The van der Waals surface area contributed by atoms with Crippen LogP contribution in [0.15, 0.2) is 17.3 Å². The average Bonchev–Trinajstić information content (AvgIpc) is 3.30. The summed E-state index contributed by atoms with van der Waals surface area (Å²) in [5.74, 6) is -0.378. The van der Waals surface area contributed by atoms with Gasteiger partial charge in [0.2, 0.25) is 5.88 Å². The number of hydrogen-bond acceptors (Lipinski definition) is 12.